The van der Waals surface area contributed by atoms with Crippen LogP contribution in [0.2, 0.25) is 0 Å². The van der Waals surface area contributed by atoms with Crippen LogP contribution in [0, 0.1) is 0 Å². The van der Waals surface area contributed by atoms with Gasteiger partial charge in [-0.2, -0.15) is 0 Å². The van der Waals surface area contributed by atoms with E-state index in [0.29, 0.717) is 0 Å². The topological polar surface area (TPSA) is 37.5 Å². The molecule has 0 spiro atoms. The number of hydrogen-bond donors (Lipinski definition) is 1. The minimum absolute atomic E-state index is 0.107. The Morgan fingerprint density at radius 3 is 2.01 bits per heavy atom. The molecule has 2 atom stereocenters. The molecule has 11 aromatic rings. The number of hydrogen-bond acceptors (Lipinski definition) is 3. The van der Waals surface area contributed by atoms with Crippen molar-refractivity contribution < 1.29 is 0 Å². The molecule has 5 heteroatoms. The molecule has 0 radical (unpaired) electrons. The zero-order chi connectivity index (χ0) is 46.2. The van der Waals surface area contributed by atoms with Crippen LogP contribution >= 0.6 is 0 Å². The standard InChI is InChI=1S/C65H47N5/c1-65(2)54-26-11-6-21-45(54)50-38-53-48-24-9-14-29-58(48)69(62(53)39-55(50)65)44-20-16-17-42(35-44)63-66-56-27-12-7-25-49(56)64(67-63)70-59-30-15-10-23-47(59)52-37-41(32-34-61(52)70)40-31-33-60-51(36-40)46-22-8-13-28-57(46)68(60)43-18-4-3-5-19-43/h3-32,34-39,60,63,66H,33H2,1-2H3. The molecule has 2 aliphatic carbocycles. The minimum Gasteiger partial charge on any atom is -0.359 e. The third-order valence-corrected chi connectivity index (χ3v) is 15.8. The number of para-hydroxylation sites is 5. The Hall–Kier alpha value is -8.67. The summed E-state index contributed by atoms with van der Waals surface area (Å²) in [6.07, 6.45) is 5.48. The van der Waals surface area contributed by atoms with Crippen molar-refractivity contribution in [2.24, 2.45) is 4.99 Å². The molecular weight excluding hydrogens is 851 g/mol. The van der Waals surface area contributed by atoms with Gasteiger partial charge in [-0.1, -0.05) is 147 Å². The predicted octanol–water partition coefficient (Wildman–Crippen LogP) is 16.0. The molecule has 70 heavy (non-hydrogen) atoms. The Morgan fingerprint density at radius 2 is 1.17 bits per heavy atom. The van der Waals surface area contributed by atoms with Crippen molar-refractivity contribution in [3.8, 4) is 16.8 Å². The van der Waals surface area contributed by atoms with Crippen LogP contribution in [0.1, 0.15) is 59.8 Å². The molecule has 5 nitrogen and oxygen atoms in total. The lowest BCUT2D eigenvalue weighted by Gasteiger charge is -2.29. The number of aromatic nitrogens is 2. The van der Waals surface area contributed by atoms with Gasteiger partial charge >= 0.3 is 0 Å². The van der Waals surface area contributed by atoms with Gasteiger partial charge in [0, 0.05) is 60.8 Å². The van der Waals surface area contributed by atoms with Gasteiger partial charge in [-0.3, -0.25) is 4.57 Å². The Balaban J connectivity index is 0.848. The molecule has 0 saturated heterocycles. The number of nitrogens with one attached hydrogen (secondary N) is 1. The van der Waals surface area contributed by atoms with Crippen molar-refractivity contribution in [1.82, 2.24) is 9.13 Å². The molecule has 9 aromatic carbocycles. The van der Waals surface area contributed by atoms with Crippen molar-refractivity contribution in [3.63, 3.8) is 0 Å². The molecule has 0 amide bonds. The van der Waals surface area contributed by atoms with Crippen molar-refractivity contribution in [3.05, 3.63) is 252 Å². The molecular formula is C65H47N5. The summed E-state index contributed by atoms with van der Waals surface area (Å²) in [4.78, 5) is 8.22. The molecule has 0 fully saturated rings. The molecule has 4 aliphatic rings. The van der Waals surface area contributed by atoms with Gasteiger partial charge in [0.15, 0.2) is 0 Å². The molecule has 0 saturated carbocycles. The molecule has 4 heterocycles. The highest BCUT2D eigenvalue weighted by atomic mass is 15.2. The minimum atomic E-state index is -0.331. The number of fused-ring (bicyclic) bond motifs is 13. The molecule has 2 unspecified atom stereocenters. The maximum atomic E-state index is 5.71. The van der Waals surface area contributed by atoms with Gasteiger partial charge in [0.1, 0.15) is 12.0 Å². The van der Waals surface area contributed by atoms with E-state index in [4.69, 9.17) is 4.99 Å². The summed E-state index contributed by atoms with van der Waals surface area (Å²) in [6.45, 7) is 4.73. The van der Waals surface area contributed by atoms with Crippen molar-refractivity contribution in [1.29, 1.82) is 0 Å². The second-order valence-electron chi connectivity index (χ2n) is 19.9. The van der Waals surface area contributed by atoms with Crippen LogP contribution in [-0.4, -0.2) is 21.0 Å². The molecule has 1 N–H and O–H groups in total. The molecule has 0 bridgehead atoms. The smallest absolute Gasteiger partial charge is 0.147 e. The Kier molecular flexibility index (Phi) is 8.24. The summed E-state index contributed by atoms with van der Waals surface area (Å²) in [5.74, 6) is 0.934. The molecule has 2 aliphatic heterocycles. The quantitative estimate of drug-likeness (QED) is 0.191. The Morgan fingerprint density at radius 1 is 0.500 bits per heavy atom. The van der Waals surface area contributed by atoms with Gasteiger partial charge in [0.25, 0.3) is 0 Å². The summed E-state index contributed by atoms with van der Waals surface area (Å²) in [7, 11) is 0. The van der Waals surface area contributed by atoms with Crippen LogP contribution in [0.25, 0.3) is 71.6 Å². The highest BCUT2D eigenvalue weighted by Gasteiger charge is 2.38. The van der Waals surface area contributed by atoms with Crippen molar-refractivity contribution >= 4 is 77.7 Å². The summed E-state index contributed by atoms with van der Waals surface area (Å²) < 4.78 is 4.86. The lowest BCUT2D eigenvalue weighted by atomic mass is 9.82. The van der Waals surface area contributed by atoms with E-state index in [1.54, 1.807) is 0 Å². The first-order chi connectivity index (χ1) is 34.5. The van der Waals surface area contributed by atoms with Gasteiger partial charge in [-0.05, 0) is 136 Å². The molecule has 2 aromatic heterocycles. The van der Waals surface area contributed by atoms with Crippen molar-refractivity contribution in [2.75, 3.05) is 10.2 Å². The van der Waals surface area contributed by atoms with E-state index < -0.39 is 0 Å². The van der Waals surface area contributed by atoms with E-state index in [1.165, 1.54) is 88.5 Å². The Bertz CT molecular complexity index is 4120. The van der Waals surface area contributed by atoms with E-state index in [-0.39, 0.29) is 17.6 Å². The first-order valence-corrected chi connectivity index (χ1v) is 24.6. The van der Waals surface area contributed by atoms with Crippen LogP contribution in [0.5, 0.6) is 0 Å². The van der Waals surface area contributed by atoms with Gasteiger partial charge in [-0.25, -0.2) is 4.99 Å². The largest absolute Gasteiger partial charge is 0.359 e. The van der Waals surface area contributed by atoms with E-state index in [1.807, 2.05) is 0 Å². The lowest BCUT2D eigenvalue weighted by molar-refractivity contribution is 0.661. The van der Waals surface area contributed by atoms with Gasteiger partial charge in [-0.15, -0.1) is 0 Å². The summed E-state index contributed by atoms with van der Waals surface area (Å²) in [5.41, 5.74) is 22.1. The molecule has 332 valence electrons. The fourth-order valence-corrected chi connectivity index (χ4v) is 12.6. The number of rotatable bonds is 4. The van der Waals surface area contributed by atoms with E-state index in [0.717, 1.165) is 45.8 Å². The summed E-state index contributed by atoms with van der Waals surface area (Å²) >= 11 is 0. The number of benzene rings is 9. The summed E-state index contributed by atoms with van der Waals surface area (Å²) in [5, 5.41) is 8.82. The number of nitrogens with zero attached hydrogens (tertiary/aromatic N) is 4. The van der Waals surface area contributed by atoms with Gasteiger partial charge in [0.05, 0.1) is 28.1 Å². The average Bonchev–Trinajstić information content (AvgIpc) is 4.11. The number of anilines is 3. The number of allylic oxidation sites excluding steroid dienone is 2. The maximum Gasteiger partial charge on any atom is 0.147 e. The van der Waals surface area contributed by atoms with E-state index in [9.17, 15) is 0 Å². The second-order valence-corrected chi connectivity index (χ2v) is 19.9. The SMILES string of the molecule is CC1(C)c2ccccc2-c2cc3c4ccccc4n(-c4cccc(C5N=C(n6c7ccccc7c7cc(C8=CCC9C(=C8)c8ccccc8N9c8ccccc8)ccc76)c6ccccc6N5)c4)c3cc21. The van der Waals surface area contributed by atoms with Crippen LogP contribution in [0.4, 0.5) is 17.1 Å². The highest BCUT2D eigenvalue weighted by molar-refractivity contribution is 6.20. The highest BCUT2D eigenvalue weighted by Crippen LogP contribution is 2.52. The molecule has 15 rings (SSSR count). The maximum absolute atomic E-state index is 5.71. The van der Waals surface area contributed by atoms with E-state index in [2.05, 4.69) is 252 Å². The predicted molar refractivity (Wildman–Crippen MR) is 292 cm³/mol. The number of aliphatic imine (C=N–C) groups is 1. The normalized spacial score (nSPS) is 17.4. The van der Waals surface area contributed by atoms with Gasteiger partial charge < -0.3 is 14.8 Å². The third kappa shape index (κ3) is 5.57. The second kappa shape index (κ2) is 14.7. The average molecular weight is 898 g/mol. The summed E-state index contributed by atoms with van der Waals surface area (Å²) in [6, 6.07) is 76.1. The van der Waals surface area contributed by atoms with Gasteiger partial charge in [0.2, 0.25) is 0 Å². The Labute approximate surface area is 406 Å². The first kappa shape index (κ1) is 39.3. The van der Waals surface area contributed by atoms with Crippen LogP contribution < -0.4 is 10.2 Å². The van der Waals surface area contributed by atoms with Crippen LogP contribution in [0.15, 0.2) is 223 Å². The fraction of sp³-hybridized carbons (Fsp3) is 0.0923. The zero-order valence-electron chi connectivity index (χ0n) is 38.9. The third-order valence-electron chi connectivity index (χ3n) is 15.8. The monoisotopic (exact) mass is 897 g/mol. The van der Waals surface area contributed by atoms with Crippen LogP contribution in [-0.2, 0) is 5.41 Å². The van der Waals surface area contributed by atoms with Crippen LogP contribution in [0.3, 0.4) is 0 Å². The zero-order valence-corrected chi connectivity index (χ0v) is 38.9. The van der Waals surface area contributed by atoms with E-state index >= 15 is 0 Å². The lowest BCUT2D eigenvalue weighted by Crippen LogP contribution is -2.27. The van der Waals surface area contributed by atoms with Crippen molar-refractivity contribution in [2.45, 2.75) is 37.9 Å². The fourth-order valence-electron chi connectivity index (χ4n) is 12.6. The first-order valence-electron chi connectivity index (χ1n) is 24.6.